The van der Waals surface area contributed by atoms with Crippen LogP contribution < -0.4 is 4.90 Å². The Kier molecular flexibility index (Phi) is 4.87. The first-order valence-corrected chi connectivity index (χ1v) is 8.62. The van der Waals surface area contributed by atoms with E-state index in [0.717, 1.165) is 58.4 Å². The summed E-state index contributed by atoms with van der Waals surface area (Å²) in [5.41, 5.74) is 2.51. The summed E-state index contributed by atoms with van der Waals surface area (Å²) >= 11 is 3.52. The maximum Gasteiger partial charge on any atom is 0.333 e. The van der Waals surface area contributed by atoms with Gasteiger partial charge in [0, 0.05) is 35.7 Å². The molecule has 0 unspecified atom stereocenters. The molecule has 2 aromatic rings. The van der Waals surface area contributed by atoms with Gasteiger partial charge in [0.1, 0.15) is 0 Å². The van der Waals surface area contributed by atoms with Crippen LogP contribution in [0.3, 0.4) is 0 Å². The molecule has 0 atom stereocenters. The van der Waals surface area contributed by atoms with Gasteiger partial charge in [0.15, 0.2) is 0 Å². The summed E-state index contributed by atoms with van der Waals surface area (Å²) in [6.07, 6.45) is 3.45. The van der Waals surface area contributed by atoms with Gasteiger partial charge in [0.25, 0.3) is 0 Å². The lowest BCUT2D eigenvalue weighted by atomic mass is 10.0. The molecule has 0 saturated carbocycles. The third-order valence-corrected chi connectivity index (χ3v) is 5.33. The van der Waals surface area contributed by atoms with Crippen molar-refractivity contribution in [3.05, 3.63) is 22.3 Å². The van der Waals surface area contributed by atoms with Crippen molar-refractivity contribution in [2.45, 2.75) is 39.3 Å². The number of hydrogen-bond acceptors (Lipinski definition) is 3. The Morgan fingerprint density at radius 2 is 2.13 bits per heavy atom. The fraction of sp³-hybridized carbons (Fsp3) is 0.562. The molecule has 0 bridgehead atoms. The van der Waals surface area contributed by atoms with E-state index in [1.807, 2.05) is 6.92 Å². The summed E-state index contributed by atoms with van der Waals surface area (Å²) in [5.74, 6) is 0. The second-order valence-corrected chi connectivity index (χ2v) is 6.62. The van der Waals surface area contributed by atoms with Crippen molar-refractivity contribution in [3.8, 4) is 0 Å². The van der Waals surface area contributed by atoms with E-state index in [2.05, 4.69) is 32.9 Å². The second kappa shape index (κ2) is 6.73. The van der Waals surface area contributed by atoms with E-state index in [4.69, 9.17) is 4.74 Å². The topological polar surface area (TPSA) is 30.3 Å². The molecule has 0 radical (unpaired) electrons. The first-order valence-electron chi connectivity index (χ1n) is 7.83. The number of aromatic nitrogens is 2. The Morgan fingerprint density at radius 3 is 2.74 bits per heavy atom. The fourth-order valence-electron chi connectivity index (χ4n) is 3.36. The van der Waals surface area contributed by atoms with Crippen LogP contribution in [0.4, 0.5) is 14.5 Å². The lowest BCUT2D eigenvalue weighted by molar-refractivity contribution is 0.0615. The van der Waals surface area contributed by atoms with Crippen molar-refractivity contribution >= 4 is 32.5 Å². The summed E-state index contributed by atoms with van der Waals surface area (Å²) in [4.78, 5) is 2.31. The molecule has 1 aromatic carbocycles. The zero-order chi connectivity index (χ0) is 16.6. The number of benzene rings is 1. The van der Waals surface area contributed by atoms with Gasteiger partial charge in [-0.2, -0.15) is 13.9 Å². The summed E-state index contributed by atoms with van der Waals surface area (Å²) in [5, 5.41) is 4.67. The van der Waals surface area contributed by atoms with Crippen LogP contribution in [-0.2, 0) is 4.74 Å². The van der Waals surface area contributed by atoms with Gasteiger partial charge in [-0.3, -0.25) is 0 Å². The van der Waals surface area contributed by atoms with Crippen LogP contribution in [0.15, 0.2) is 16.7 Å². The highest BCUT2D eigenvalue weighted by Crippen LogP contribution is 2.38. The predicted molar refractivity (Wildman–Crippen MR) is 90.3 cm³/mol. The molecular formula is C16H20BrF2N3O. The van der Waals surface area contributed by atoms with Crippen LogP contribution in [0, 0.1) is 6.92 Å². The Hall–Kier alpha value is -1.21. The molecule has 0 aliphatic carbocycles. The van der Waals surface area contributed by atoms with Gasteiger partial charge in [0.2, 0.25) is 0 Å². The van der Waals surface area contributed by atoms with Crippen molar-refractivity contribution in [1.29, 1.82) is 0 Å². The molecule has 0 spiro atoms. The van der Waals surface area contributed by atoms with Gasteiger partial charge in [-0.25, -0.2) is 4.68 Å². The SMILES string of the molecule is CCN(c1c(C)c(Br)cc2c1cnn2C(F)F)C1CCOCC1. The molecule has 23 heavy (non-hydrogen) atoms. The zero-order valence-corrected chi connectivity index (χ0v) is 14.8. The number of hydrogen-bond donors (Lipinski definition) is 0. The fourth-order valence-corrected chi connectivity index (χ4v) is 3.77. The zero-order valence-electron chi connectivity index (χ0n) is 13.2. The number of rotatable bonds is 4. The largest absolute Gasteiger partial charge is 0.381 e. The van der Waals surface area contributed by atoms with Crippen molar-refractivity contribution in [2.75, 3.05) is 24.7 Å². The minimum Gasteiger partial charge on any atom is -0.381 e. The Labute approximate surface area is 142 Å². The number of anilines is 1. The van der Waals surface area contributed by atoms with Crippen molar-refractivity contribution in [2.24, 2.45) is 0 Å². The lowest BCUT2D eigenvalue weighted by Crippen LogP contribution is -2.40. The van der Waals surface area contributed by atoms with E-state index >= 15 is 0 Å². The molecular weight excluding hydrogens is 368 g/mol. The molecule has 7 heteroatoms. The Morgan fingerprint density at radius 1 is 1.43 bits per heavy atom. The van der Waals surface area contributed by atoms with E-state index in [1.54, 1.807) is 12.3 Å². The van der Waals surface area contributed by atoms with Crippen LogP contribution in [0.25, 0.3) is 10.9 Å². The van der Waals surface area contributed by atoms with Gasteiger partial charge < -0.3 is 9.64 Å². The number of alkyl halides is 2. The van der Waals surface area contributed by atoms with Crippen LogP contribution in [0.1, 0.15) is 31.9 Å². The lowest BCUT2D eigenvalue weighted by Gasteiger charge is -2.36. The Balaban J connectivity index is 2.16. The second-order valence-electron chi connectivity index (χ2n) is 5.76. The summed E-state index contributed by atoms with van der Waals surface area (Å²) in [6, 6.07) is 2.09. The molecule has 0 amide bonds. The monoisotopic (exact) mass is 387 g/mol. The van der Waals surface area contributed by atoms with E-state index < -0.39 is 6.55 Å². The summed E-state index contributed by atoms with van der Waals surface area (Å²) < 4.78 is 33.4. The molecule has 1 aromatic heterocycles. The van der Waals surface area contributed by atoms with E-state index in [9.17, 15) is 8.78 Å². The molecule has 2 heterocycles. The first kappa shape index (κ1) is 16.6. The maximum atomic E-state index is 13.2. The van der Waals surface area contributed by atoms with Gasteiger partial charge >= 0.3 is 6.55 Å². The predicted octanol–water partition coefficient (Wildman–Crippen LogP) is 4.51. The molecule has 126 valence electrons. The minimum absolute atomic E-state index is 0.361. The molecule has 1 fully saturated rings. The van der Waals surface area contributed by atoms with E-state index in [1.165, 1.54) is 0 Å². The van der Waals surface area contributed by atoms with Gasteiger partial charge in [0.05, 0.1) is 17.4 Å². The summed E-state index contributed by atoms with van der Waals surface area (Å²) in [6.45, 7) is 3.77. The van der Waals surface area contributed by atoms with Crippen LogP contribution in [0.2, 0.25) is 0 Å². The van der Waals surface area contributed by atoms with E-state index in [0.29, 0.717) is 11.6 Å². The third kappa shape index (κ3) is 2.96. The van der Waals surface area contributed by atoms with Crippen LogP contribution in [0.5, 0.6) is 0 Å². The molecule has 4 nitrogen and oxygen atoms in total. The first-order chi connectivity index (χ1) is 11.0. The van der Waals surface area contributed by atoms with Crippen LogP contribution >= 0.6 is 15.9 Å². The summed E-state index contributed by atoms with van der Waals surface area (Å²) in [7, 11) is 0. The van der Waals surface area contributed by atoms with Crippen molar-refractivity contribution in [1.82, 2.24) is 9.78 Å². The van der Waals surface area contributed by atoms with Crippen LogP contribution in [-0.4, -0.2) is 35.6 Å². The number of fused-ring (bicyclic) bond motifs is 1. The van der Waals surface area contributed by atoms with Gasteiger partial charge in [-0.1, -0.05) is 15.9 Å². The van der Waals surface area contributed by atoms with E-state index in [-0.39, 0.29) is 0 Å². The molecule has 3 rings (SSSR count). The number of nitrogens with zero attached hydrogens (tertiary/aromatic N) is 3. The maximum absolute atomic E-state index is 13.2. The highest BCUT2D eigenvalue weighted by molar-refractivity contribution is 9.10. The Bertz CT molecular complexity index is 698. The normalized spacial score (nSPS) is 16.4. The highest BCUT2D eigenvalue weighted by atomic mass is 79.9. The van der Waals surface area contributed by atoms with Gasteiger partial charge in [-0.15, -0.1) is 0 Å². The van der Waals surface area contributed by atoms with Gasteiger partial charge in [-0.05, 0) is 38.3 Å². The minimum atomic E-state index is -2.65. The quantitative estimate of drug-likeness (QED) is 0.772. The molecule has 1 aliphatic rings. The number of halogens is 3. The third-order valence-electron chi connectivity index (χ3n) is 4.51. The highest BCUT2D eigenvalue weighted by Gasteiger charge is 2.26. The van der Waals surface area contributed by atoms with Crippen molar-refractivity contribution < 1.29 is 13.5 Å². The number of ether oxygens (including phenoxy) is 1. The molecule has 1 saturated heterocycles. The average molecular weight is 388 g/mol. The molecule has 0 N–H and O–H groups in total. The van der Waals surface area contributed by atoms with Crippen molar-refractivity contribution in [3.63, 3.8) is 0 Å². The standard InChI is InChI=1S/C16H20BrF2N3O/c1-3-21(11-4-6-23-7-5-11)15-10(2)13(17)8-14-12(15)9-20-22(14)16(18)19/h8-9,11,16H,3-7H2,1-2H3. The molecule has 1 aliphatic heterocycles. The smallest absolute Gasteiger partial charge is 0.333 e. The average Bonchev–Trinajstić information content (AvgIpc) is 2.96.